The fourth-order valence-electron chi connectivity index (χ4n) is 2.95. The van der Waals surface area contributed by atoms with Gasteiger partial charge in [-0.3, -0.25) is 9.59 Å². The number of esters is 1. The lowest BCUT2D eigenvalue weighted by atomic mass is 10.1. The SMILES string of the molecule is CCCCOC(=O)c1ccc(NC2=C(Cl)C(=O)N(c3ccc(CC)cc3)C2=O)cc1. The number of imide groups is 1. The van der Waals surface area contributed by atoms with Crippen molar-refractivity contribution in [2.24, 2.45) is 0 Å². The molecular formula is C23H23ClN2O4. The highest BCUT2D eigenvalue weighted by Gasteiger charge is 2.38. The van der Waals surface area contributed by atoms with Gasteiger partial charge in [0.25, 0.3) is 11.8 Å². The van der Waals surface area contributed by atoms with Crippen LogP contribution in [0.2, 0.25) is 0 Å². The molecule has 0 saturated carbocycles. The van der Waals surface area contributed by atoms with Crippen molar-refractivity contribution in [1.29, 1.82) is 0 Å². The Balaban J connectivity index is 1.72. The van der Waals surface area contributed by atoms with Crippen LogP contribution in [0.1, 0.15) is 42.6 Å². The van der Waals surface area contributed by atoms with Gasteiger partial charge < -0.3 is 10.1 Å². The number of carbonyl (C=O) groups is 3. The molecule has 0 saturated heterocycles. The molecule has 1 heterocycles. The molecule has 1 N–H and O–H groups in total. The van der Waals surface area contributed by atoms with Crippen molar-refractivity contribution in [3.63, 3.8) is 0 Å². The van der Waals surface area contributed by atoms with E-state index in [1.54, 1.807) is 36.4 Å². The Bertz CT molecular complexity index is 981. The maximum absolute atomic E-state index is 12.8. The van der Waals surface area contributed by atoms with Crippen LogP contribution < -0.4 is 10.2 Å². The van der Waals surface area contributed by atoms with Gasteiger partial charge in [0.1, 0.15) is 10.7 Å². The quantitative estimate of drug-likeness (QED) is 0.378. The molecule has 0 atom stereocenters. The van der Waals surface area contributed by atoms with Crippen molar-refractivity contribution in [2.45, 2.75) is 33.1 Å². The molecule has 2 amide bonds. The molecule has 1 aliphatic rings. The molecule has 0 aliphatic carbocycles. The van der Waals surface area contributed by atoms with E-state index in [-0.39, 0.29) is 10.7 Å². The highest BCUT2D eigenvalue weighted by atomic mass is 35.5. The Morgan fingerprint density at radius 2 is 1.67 bits per heavy atom. The van der Waals surface area contributed by atoms with Crippen LogP contribution in [-0.2, 0) is 20.7 Å². The Morgan fingerprint density at radius 3 is 2.27 bits per heavy atom. The lowest BCUT2D eigenvalue weighted by Gasteiger charge is -2.15. The molecular weight excluding hydrogens is 404 g/mol. The third-order valence-corrected chi connectivity index (χ3v) is 5.10. The minimum atomic E-state index is -0.579. The molecule has 0 radical (unpaired) electrons. The van der Waals surface area contributed by atoms with E-state index in [4.69, 9.17) is 16.3 Å². The first kappa shape index (κ1) is 21.6. The monoisotopic (exact) mass is 426 g/mol. The van der Waals surface area contributed by atoms with E-state index in [1.165, 1.54) is 0 Å². The summed E-state index contributed by atoms with van der Waals surface area (Å²) < 4.78 is 5.17. The van der Waals surface area contributed by atoms with Crippen LogP contribution in [0.5, 0.6) is 0 Å². The summed E-state index contributed by atoms with van der Waals surface area (Å²) in [7, 11) is 0. The standard InChI is InChI=1S/C23H23ClN2O4/c1-3-5-14-30-23(29)16-8-10-17(11-9-16)25-20-19(24)21(27)26(22(20)28)18-12-6-15(4-2)7-13-18/h6-13,25H,3-5,14H2,1-2H3. The van der Waals surface area contributed by atoms with Crippen LogP contribution in [0, 0.1) is 0 Å². The predicted molar refractivity (Wildman–Crippen MR) is 116 cm³/mol. The fraction of sp³-hybridized carbons (Fsp3) is 0.261. The third kappa shape index (κ3) is 4.54. The lowest BCUT2D eigenvalue weighted by molar-refractivity contribution is -0.120. The van der Waals surface area contributed by atoms with Crippen molar-refractivity contribution in [1.82, 2.24) is 0 Å². The molecule has 6 nitrogen and oxygen atoms in total. The van der Waals surface area contributed by atoms with Crippen LogP contribution in [-0.4, -0.2) is 24.4 Å². The van der Waals surface area contributed by atoms with Crippen molar-refractivity contribution in [3.05, 3.63) is 70.4 Å². The summed E-state index contributed by atoms with van der Waals surface area (Å²) in [5, 5.41) is 2.72. The van der Waals surface area contributed by atoms with Crippen LogP contribution in [0.4, 0.5) is 11.4 Å². The van der Waals surface area contributed by atoms with Gasteiger partial charge in [0.05, 0.1) is 17.9 Å². The summed E-state index contributed by atoms with van der Waals surface area (Å²) in [6.07, 6.45) is 2.61. The van der Waals surface area contributed by atoms with Gasteiger partial charge in [-0.05, 0) is 54.8 Å². The Labute approximate surface area is 180 Å². The van der Waals surface area contributed by atoms with E-state index >= 15 is 0 Å². The van der Waals surface area contributed by atoms with E-state index in [2.05, 4.69) is 5.32 Å². The average molecular weight is 427 g/mol. The summed E-state index contributed by atoms with van der Waals surface area (Å²) in [6.45, 7) is 4.42. The van der Waals surface area contributed by atoms with Gasteiger partial charge >= 0.3 is 5.97 Å². The zero-order valence-electron chi connectivity index (χ0n) is 16.9. The van der Waals surface area contributed by atoms with Gasteiger partial charge in [0, 0.05) is 5.69 Å². The zero-order chi connectivity index (χ0) is 21.7. The Hall–Kier alpha value is -3.12. The molecule has 2 aromatic rings. The summed E-state index contributed by atoms with van der Waals surface area (Å²) in [5.74, 6) is -1.51. The summed E-state index contributed by atoms with van der Waals surface area (Å²) in [5.41, 5.74) is 2.49. The number of nitrogens with one attached hydrogen (secondary N) is 1. The number of ether oxygens (including phenoxy) is 1. The molecule has 2 aromatic carbocycles. The maximum Gasteiger partial charge on any atom is 0.338 e. The largest absolute Gasteiger partial charge is 0.462 e. The Kier molecular flexibility index (Phi) is 6.90. The number of halogens is 1. The van der Waals surface area contributed by atoms with Crippen molar-refractivity contribution < 1.29 is 19.1 Å². The van der Waals surface area contributed by atoms with Gasteiger partial charge in [-0.25, -0.2) is 9.69 Å². The second kappa shape index (κ2) is 9.59. The minimum absolute atomic E-state index is 0.000456. The Morgan fingerprint density at radius 1 is 1.00 bits per heavy atom. The normalized spacial score (nSPS) is 13.8. The van der Waals surface area contributed by atoms with Gasteiger partial charge in [-0.1, -0.05) is 44.0 Å². The number of rotatable bonds is 8. The summed E-state index contributed by atoms with van der Waals surface area (Å²) >= 11 is 6.16. The first-order valence-corrected chi connectivity index (χ1v) is 10.3. The zero-order valence-corrected chi connectivity index (χ0v) is 17.7. The first-order chi connectivity index (χ1) is 14.5. The molecule has 0 aromatic heterocycles. The smallest absolute Gasteiger partial charge is 0.338 e. The third-order valence-electron chi connectivity index (χ3n) is 4.75. The number of anilines is 2. The minimum Gasteiger partial charge on any atom is -0.462 e. The number of hydrogen-bond donors (Lipinski definition) is 1. The van der Waals surface area contributed by atoms with E-state index in [9.17, 15) is 14.4 Å². The van der Waals surface area contributed by atoms with E-state index in [0.717, 1.165) is 29.7 Å². The van der Waals surface area contributed by atoms with E-state index < -0.39 is 17.8 Å². The van der Waals surface area contributed by atoms with Crippen molar-refractivity contribution in [2.75, 3.05) is 16.8 Å². The number of carbonyl (C=O) groups excluding carboxylic acids is 3. The maximum atomic E-state index is 12.8. The molecule has 0 bridgehead atoms. The molecule has 156 valence electrons. The van der Waals surface area contributed by atoms with E-state index in [0.29, 0.717) is 23.5 Å². The van der Waals surface area contributed by atoms with Crippen molar-refractivity contribution >= 4 is 40.8 Å². The number of hydrogen-bond acceptors (Lipinski definition) is 5. The van der Waals surface area contributed by atoms with Crippen LogP contribution in [0.15, 0.2) is 59.3 Å². The number of nitrogens with zero attached hydrogens (tertiary/aromatic N) is 1. The highest BCUT2D eigenvalue weighted by Crippen LogP contribution is 2.30. The molecule has 7 heteroatoms. The van der Waals surface area contributed by atoms with Crippen LogP contribution in [0.25, 0.3) is 0 Å². The van der Waals surface area contributed by atoms with Gasteiger partial charge in [-0.15, -0.1) is 0 Å². The molecule has 0 spiro atoms. The fourth-order valence-corrected chi connectivity index (χ4v) is 3.17. The van der Waals surface area contributed by atoms with Gasteiger partial charge in [0.2, 0.25) is 0 Å². The van der Waals surface area contributed by atoms with Crippen molar-refractivity contribution in [3.8, 4) is 0 Å². The van der Waals surface area contributed by atoms with Crippen LogP contribution >= 0.6 is 11.6 Å². The lowest BCUT2D eigenvalue weighted by Crippen LogP contribution is -2.32. The number of unbranched alkanes of at least 4 members (excludes halogenated alkanes) is 1. The van der Waals surface area contributed by atoms with Crippen LogP contribution in [0.3, 0.4) is 0 Å². The number of amides is 2. The molecule has 1 aliphatic heterocycles. The molecule has 0 fully saturated rings. The summed E-state index contributed by atoms with van der Waals surface area (Å²) in [4.78, 5) is 38.4. The first-order valence-electron chi connectivity index (χ1n) is 9.88. The summed E-state index contributed by atoms with van der Waals surface area (Å²) in [6, 6.07) is 13.6. The van der Waals surface area contributed by atoms with Gasteiger partial charge in [0.15, 0.2) is 0 Å². The molecule has 30 heavy (non-hydrogen) atoms. The number of aryl methyl sites for hydroxylation is 1. The predicted octanol–water partition coefficient (Wildman–Crippen LogP) is 4.64. The topological polar surface area (TPSA) is 75.7 Å². The highest BCUT2D eigenvalue weighted by molar-refractivity contribution is 6.53. The van der Waals surface area contributed by atoms with Gasteiger partial charge in [-0.2, -0.15) is 0 Å². The average Bonchev–Trinajstić information content (AvgIpc) is 2.97. The molecule has 0 unspecified atom stereocenters. The molecule has 3 rings (SSSR count). The van der Waals surface area contributed by atoms with E-state index in [1.807, 2.05) is 26.0 Å². The number of benzene rings is 2. The second-order valence-electron chi connectivity index (χ2n) is 6.85. The second-order valence-corrected chi connectivity index (χ2v) is 7.22.